The van der Waals surface area contributed by atoms with Crippen molar-refractivity contribution in [1.29, 1.82) is 0 Å². The highest BCUT2D eigenvalue weighted by Gasteiger charge is 2.41. The van der Waals surface area contributed by atoms with Crippen molar-refractivity contribution in [2.24, 2.45) is 5.73 Å². The van der Waals surface area contributed by atoms with Gasteiger partial charge in [-0.1, -0.05) is 11.6 Å². The van der Waals surface area contributed by atoms with Crippen molar-refractivity contribution in [3.63, 3.8) is 0 Å². The molecule has 6 heteroatoms. The fourth-order valence-electron chi connectivity index (χ4n) is 2.10. The molecule has 1 fully saturated rings. The molecule has 0 bridgehead atoms. The standard InChI is InChI=1S/C10H14ClN3OS/c1-5(2)14-8(15)3-6(12)9(14)10-13-4-7(11)16-10/h4-6,9H,3,12H2,1-2H3. The van der Waals surface area contributed by atoms with Crippen molar-refractivity contribution >= 4 is 28.8 Å². The molecule has 88 valence electrons. The number of nitrogens with two attached hydrogens (primary N) is 1. The first-order valence-corrected chi connectivity index (χ1v) is 6.38. The first-order valence-electron chi connectivity index (χ1n) is 5.18. The van der Waals surface area contributed by atoms with Crippen LogP contribution in [-0.4, -0.2) is 27.9 Å². The van der Waals surface area contributed by atoms with E-state index in [1.807, 2.05) is 13.8 Å². The smallest absolute Gasteiger partial charge is 0.225 e. The van der Waals surface area contributed by atoms with E-state index in [-0.39, 0.29) is 24.0 Å². The minimum absolute atomic E-state index is 0.0961. The van der Waals surface area contributed by atoms with Crippen molar-refractivity contribution in [2.75, 3.05) is 0 Å². The Morgan fingerprint density at radius 1 is 1.69 bits per heavy atom. The van der Waals surface area contributed by atoms with E-state index in [1.54, 1.807) is 11.1 Å². The monoisotopic (exact) mass is 259 g/mol. The topological polar surface area (TPSA) is 59.2 Å². The lowest BCUT2D eigenvalue weighted by Crippen LogP contribution is -2.37. The molecule has 0 aliphatic carbocycles. The average molecular weight is 260 g/mol. The Kier molecular flexibility index (Phi) is 3.19. The molecule has 0 aromatic carbocycles. The summed E-state index contributed by atoms with van der Waals surface area (Å²) in [7, 11) is 0. The van der Waals surface area contributed by atoms with Crippen molar-refractivity contribution in [2.45, 2.75) is 38.4 Å². The first kappa shape index (κ1) is 11.8. The Hall–Kier alpha value is -0.650. The van der Waals surface area contributed by atoms with Crippen molar-refractivity contribution in [3.05, 3.63) is 15.5 Å². The third-order valence-corrected chi connectivity index (χ3v) is 3.89. The van der Waals surface area contributed by atoms with E-state index in [1.165, 1.54) is 11.3 Å². The van der Waals surface area contributed by atoms with Crippen LogP contribution in [0.2, 0.25) is 4.34 Å². The van der Waals surface area contributed by atoms with Crippen LogP contribution in [0.1, 0.15) is 31.3 Å². The van der Waals surface area contributed by atoms with Gasteiger partial charge in [0.15, 0.2) is 0 Å². The highest BCUT2D eigenvalue weighted by molar-refractivity contribution is 7.15. The minimum Gasteiger partial charge on any atom is -0.329 e. The van der Waals surface area contributed by atoms with E-state index in [0.717, 1.165) is 5.01 Å². The molecular weight excluding hydrogens is 246 g/mol. The van der Waals surface area contributed by atoms with Gasteiger partial charge in [-0.3, -0.25) is 4.79 Å². The number of aromatic nitrogens is 1. The molecule has 1 aromatic heterocycles. The van der Waals surface area contributed by atoms with Crippen LogP contribution >= 0.6 is 22.9 Å². The lowest BCUT2D eigenvalue weighted by molar-refractivity contribution is -0.130. The van der Waals surface area contributed by atoms with Crippen molar-refractivity contribution in [3.8, 4) is 0 Å². The molecule has 2 unspecified atom stereocenters. The quantitative estimate of drug-likeness (QED) is 0.881. The molecule has 2 heterocycles. The minimum atomic E-state index is -0.183. The van der Waals surface area contributed by atoms with Crippen molar-refractivity contribution in [1.82, 2.24) is 9.88 Å². The second-order valence-corrected chi connectivity index (χ2v) is 5.90. The third-order valence-electron chi connectivity index (χ3n) is 2.71. The number of amides is 1. The Labute approximate surface area is 103 Å². The maximum Gasteiger partial charge on any atom is 0.225 e. The van der Waals surface area contributed by atoms with Gasteiger partial charge in [-0.05, 0) is 13.8 Å². The van der Waals surface area contributed by atoms with Crippen LogP contribution in [0.15, 0.2) is 6.20 Å². The van der Waals surface area contributed by atoms with Crippen LogP contribution in [-0.2, 0) is 4.79 Å². The molecule has 0 saturated carbocycles. The number of nitrogens with zero attached hydrogens (tertiary/aromatic N) is 2. The molecule has 16 heavy (non-hydrogen) atoms. The summed E-state index contributed by atoms with van der Waals surface area (Å²) < 4.78 is 0.630. The highest BCUT2D eigenvalue weighted by Crippen LogP contribution is 2.36. The normalized spacial score (nSPS) is 25.8. The molecule has 1 aromatic rings. The zero-order valence-corrected chi connectivity index (χ0v) is 10.8. The van der Waals surface area contributed by atoms with E-state index < -0.39 is 0 Å². The summed E-state index contributed by atoms with van der Waals surface area (Å²) in [5, 5.41) is 0.831. The number of carbonyl (C=O) groups excluding carboxylic acids is 1. The highest BCUT2D eigenvalue weighted by atomic mass is 35.5. The second-order valence-electron chi connectivity index (χ2n) is 4.21. The van der Waals surface area contributed by atoms with Gasteiger partial charge >= 0.3 is 0 Å². The maximum absolute atomic E-state index is 11.8. The van der Waals surface area contributed by atoms with Crippen LogP contribution < -0.4 is 5.73 Å². The number of thiazole rings is 1. The number of hydrogen-bond donors (Lipinski definition) is 1. The molecule has 0 radical (unpaired) electrons. The summed E-state index contributed by atoms with van der Waals surface area (Å²) in [4.78, 5) is 17.8. The molecular formula is C10H14ClN3OS. The van der Waals surface area contributed by atoms with Crippen LogP contribution in [0.4, 0.5) is 0 Å². The Bertz CT molecular complexity index is 407. The zero-order chi connectivity index (χ0) is 11.9. The molecule has 4 nitrogen and oxygen atoms in total. The Morgan fingerprint density at radius 3 is 2.88 bits per heavy atom. The van der Waals surface area contributed by atoms with E-state index in [2.05, 4.69) is 4.98 Å². The Morgan fingerprint density at radius 2 is 2.38 bits per heavy atom. The molecule has 2 N–H and O–H groups in total. The molecule has 2 rings (SSSR count). The fourth-order valence-corrected chi connectivity index (χ4v) is 3.20. The summed E-state index contributed by atoms with van der Waals surface area (Å²) in [5.41, 5.74) is 6.00. The maximum atomic E-state index is 11.8. The van der Waals surface area contributed by atoms with Crippen LogP contribution in [0.3, 0.4) is 0 Å². The predicted molar refractivity (Wildman–Crippen MR) is 64.4 cm³/mol. The number of rotatable bonds is 2. The van der Waals surface area contributed by atoms with Gasteiger partial charge in [0.05, 0.1) is 12.2 Å². The lowest BCUT2D eigenvalue weighted by atomic mass is 10.1. The number of likely N-dealkylation sites (tertiary alicyclic amines) is 1. The summed E-state index contributed by atoms with van der Waals surface area (Å²) >= 11 is 7.25. The molecule has 1 aliphatic heterocycles. The fraction of sp³-hybridized carbons (Fsp3) is 0.600. The summed E-state index contributed by atoms with van der Waals surface area (Å²) in [5.74, 6) is 0.0961. The Balaban J connectivity index is 2.33. The summed E-state index contributed by atoms with van der Waals surface area (Å²) in [6, 6.07) is -0.171. The SMILES string of the molecule is CC(C)N1C(=O)CC(N)C1c1ncc(Cl)s1. The molecule has 0 spiro atoms. The van der Waals surface area contributed by atoms with Gasteiger partial charge in [0.25, 0.3) is 0 Å². The van der Waals surface area contributed by atoms with Crippen LogP contribution in [0.5, 0.6) is 0 Å². The average Bonchev–Trinajstić information content (AvgIpc) is 2.69. The summed E-state index contributed by atoms with van der Waals surface area (Å²) in [6.07, 6.45) is 2.00. The molecule has 1 aliphatic rings. The van der Waals surface area contributed by atoms with Gasteiger partial charge < -0.3 is 10.6 Å². The van der Waals surface area contributed by atoms with Gasteiger partial charge in [-0.15, -0.1) is 11.3 Å². The lowest BCUT2D eigenvalue weighted by Gasteiger charge is -2.28. The van der Waals surface area contributed by atoms with E-state index in [4.69, 9.17) is 17.3 Å². The second kappa shape index (κ2) is 4.31. The van der Waals surface area contributed by atoms with Crippen LogP contribution in [0, 0.1) is 0 Å². The van der Waals surface area contributed by atoms with Crippen molar-refractivity contribution < 1.29 is 4.79 Å². The molecule has 2 atom stereocenters. The number of carbonyl (C=O) groups is 1. The first-order chi connectivity index (χ1) is 7.50. The predicted octanol–water partition coefficient (Wildman–Crippen LogP) is 1.81. The van der Waals surface area contributed by atoms with Gasteiger partial charge in [0.1, 0.15) is 9.34 Å². The molecule has 1 saturated heterocycles. The van der Waals surface area contributed by atoms with E-state index >= 15 is 0 Å². The largest absolute Gasteiger partial charge is 0.329 e. The number of halogens is 1. The summed E-state index contributed by atoms with van der Waals surface area (Å²) in [6.45, 7) is 3.97. The van der Waals surface area contributed by atoms with Gasteiger partial charge in [0, 0.05) is 18.5 Å². The van der Waals surface area contributed by atoms with Crippen LogP contribution in [0.25, 0.3) is 0 Å². The van der Waals surface area contributed by atoms with Gasteiger partial charge in [-0.25, -0.2) is 4.98 Å². The number of hydrogen-bond acceptors (Lipinski definition) is 4. The third kappa shape index (κ3) is 1.95. The van der Waals surface area contributed by atoms with Gasteiger partial charge in [-0.2, -0.15) is 0 Å². The molecule has 1 amide bonds. The van der Waals surface area contributed by atoms with Gasteiger partial charge in [0.2, 0.25) is 5.91 Å². The van der Waals surface area contributed by atoms with E-state index in [9.17, 15) is 4.79 Å². The zero-order valence-electron chi connectivity index (χ0n) is 9.18. The van der Waals surface area contributed by atoms with E-state index in [0.29, 0.717) is 10.8 Å².